The first kappa shape index (κ1) is 18.3. The van der Waals surface area contributed by atoms with Crippen molar-refractivity contribution in [2.24, 2.45) is 0 Å². The molecule has 0 aliphatic rings. The van der Waals surface area contributed by atoms with E-state index in [9.17, 15) is 4.79 Å². The van der Waals surface area contributed by atoms with Crippen molar-refractivity contribution in [3.8, 4) is 15.5 Å². The number of thiophene rings is 2. The highest BCUT2D eigenvalue weighted by molar-refractivity contribution is 7.26. The Morgan fingerprint density at radius 3 is 2.63 bits per heavy atom. The number of anilines is 2. The highest BCUT2D eigenvalue weighted by atomic mass is 35.5. The number of hydrogen-bond acceptors (Lipinski definition) is 6. The summed E-state index contributed by atoms with van der Waals surface area (Å²) in [6.45, 7) is 0. The third kappa shape index (κ3) is 3.53. The van der Waals surface area contributed by atoms with Gasteiger partial charge in [0.15, 0.2) is 6.29 Å². The van der Waals surface area contributed by atoms with Crippen molar-refractivity contribution in [2.75, 3.05) is 12.4 Å². The fourth-order valence-corrected chi connectivity index (χ4v) is 5.13. The lowest BCUT2D eigenvalue weighted by atomic mass is 10.2. The van der Waals surface area contributed by atoms with Crippen molar-refractivity contribution in [2.45, 2.75) is 0 Å². The third-order valence-corrected chi connectivity index (χ3v) is 6.88. The van der Waals surface area contributed by atoms with E-state index in [2.05, 4.69) is 10.3 Å². The lowest BCUT2D eigenvalue weighted by Crippen LogP contribution is -1.94. The van der Waals surface area contributed by atoms with E-state index in [0.717, 1.165) is 31.9 Å². The molecule has 27 heavy (non-hydrogen) atoms. The van der Waals surface area contributed by atoms with Crippen LogP contribution >= 0.6 is 45.9 Å². The van der Waals surface area contributed by atoms with E-state index in [4.69, 9.17) is 27.9 Å². The zero-order valence-corrected chi connectivity index (χ0v) is 17.1. The zero-order valence-electron chi connectivity index (χ0n) is 14.0. The van der Waals surface area contributed by atoms with Crippen LogP contribution in [0.3, 0.4) is 0 Å². The molecule has 0 saturated heterocycles. The number of carbonyl (C=O) groups excluding carboxylic acids is 1. The van der Waals surface area contributed by atoms with Crippen LogP contribution in [-0.2, 0) is 0 Å². The molecule has 0 spiro atoms. The van der Waals surface area contributed by atoms with E-state index < -0.39 is 0 Å². The lowest BCUT2D eigenvalue weighted by Gasteiger charge is -2.12. The number of pyridine rings is 1. The van der Waals surface area contributed by atoms with Gasteiger partial charge in [0.1, 0.15) is 5.75 Å². The Bertz CT molecular complexity index is 1150. The minimum Gasteiger partial charge on any atom is -0.495 e. The number of rotatable bonds is 5. The van der Waals surface area contributed by atoms with Crippen molar-refractivity contribution < 1.29 is 9.53 Å². The topological polar surface area (TPSA) is 51.2 Å². The Balaban J connectivity index is 1.75. The third-order valence-electron chi connectivity index (χ3n) is 3.91. The molecule has 4 rings (SSSR count). The number of fused-ring (bicyclic) bond motifs is 1. The zero-order chi connectivity index (χ0) is 19.0. The number of aldehydes is 1. The molecule has 4 nitrogen and oxygen atoms in total. The van der Waals surface area contributed by atoms with E-state index in [0.29, 0.717) is 26.4 Å². The molecule has 0 bridgehead atoms. The molecule has 0 aliphatic carbocycles. The van der Waals surface area contributed by atoms with E-state index in [1.807, 2.05) is 24.3 Å². The van der Waals surface area contributed by atoms with Crippen molar-refractivity contribution in [3.05, 3.63) is 57.5 Å². The van der Waals surface area contributed by atoms with Gasteiger partial charge in [-0.15, -0.1) is 22.7 Å². The van der Waals surface area contributed by atoms with Gasteiger partial charge >= 0.3 is 0 Å². The van der Waals surface area contributed by atoms with Crippen molar-refractivity contribution >= 4 is 73.8 Å². The molecule has 0 atom stereocenters. The molecule has 136 valence electrons. The largest absolute Gasteiger partial charge is 0.495 e. The quantitative estimate of drug-likeness (QED) is 0.347. The predicted molar refractivity (Wildman–Crippen MR) is 115 cm³/mol. The summed E-state index contributed by atoms with van der Waals surface area (Å²) in [5.41, 5.74) is 2.45. The monoisotopic (exact) mass is 434 g/mol. The van der Waals surface area contributed by atoms with E-state index in [-0.39, 0.29) is 0 Å². The second-order valence-electron chi connectivity index (χ2n) is 5.59. The van der Waals surface area contributed by atoms with Crippen LogP contribution in [0.1, 0.15) is 9.67 Å². The second-order valence-corrected chi connectivity index (χ2v) is 8.58. The van der Waals surface area contributed by atoms with Gasteiger partial charge in [-0.1, -0.05) is 23.2 Å². The molecule has 3 heterocycles. The average Bonchev–Trinajstić information content (AvgIpc) is 3.30. The smallest absolute Gasteiger partial charge is 0.160 e. The lowest BCUT2D eigenvalue weighted by molar-refractivity contribution is 0.112. The maximum absolute atomic E-state index is 10.9. The Morgan fingerprint density at radius 2 is 1.89 bits per heavy atom. The number of carbonyl (C=O) groups is 1. The first-order chi connectivity index (χ1) is 13.1. The highest BCUT2D eigenvalue weighted by Crippen LogP contribution is 2.41. The van der Waals surface area contributed by atoms with Crippen molar-refractivity contribution in [3.63, 3.8) is 0 Å². The van der Waals surface area contributed by atoms with Crippen molar-refractivity contribution in [1.82, 2.24) is 4.98 Å². The highest BCUT2D eigenvalue weighted by Gasteiger charge is 2.13. The molecule has 8 heteroatoms. The van der Waals surface area contributed by atoms with Crippen LogP contribution in [0, 0.1) is 0 Å². The average molecular weight is 435 g/mol. The Labute approximate surface area is 173 Å². The van der Waals surface area contributed by atoms with Gasteiger partial charge in [-0.25, -0.2) is 0 Å². The van der Waals surface area contributed by atoms with Gasteiger partial charge in [0.2, 0.25) is 0 Å². The standard InChI is InChI=1S/C19H12Cl2N2O2S2/c1-25-16-7-14(11(20)6-12(16)21)23-13-4-5-22-15-8-18(27-19(13)15)17-3-2-10(9-24)26-17/h2-9H,1H3,(H,22,23). The van der Waals surface area contributed by atoms with Crippen LogP contribution in [0.15, 0.2) is 42.6 Å². The molecule has 1 N–H and O–H groups in total. The van der Waals surface area contributed by atoms with Crippen molar-refractivity contribution in [1.29, 1.82) is 0 Å². The fourth-order valence-electron chi connectivity index (χ4n) is 2.63. The number of hydrogen-bond donors (Lipinski definition) is 1. The van der Waals surface area contributed by atoms with Crippen LogP contribution in [0.2, 0.25) is 10.0 Å². The minimum absolute atomic E-state index is 0.454. The molecule has 0 radical (unpaired) electrons. The van der Waals surface area contributed by atoms with Crippen LogP contribution in [0.25, 0.3) is 20.0 Å². The molecule has 4 aromatic rings. The summed E-state index contributed by atoms with van der Waals surface area (Å²) in [4.78, 5) is 18.2. The SMILES string of the molecule is COc1cc(Nc2ccnc3cc(-c4ccc(C=O)s4)sc23)c(Cl)cc1Cl. The van der Waals surface area contributed by atoms with E-state index in [1.165, 1.54) is 11.3 Å². The summed E-state index contributed by atoms with van der Waals surface area (Å²) in [5.74, 6) is 0.542. The van der Waals surface area contributed by atoms with Gasteiger partial charge < -0.3 is 10.1 Å². The number of halogens is 2. The number of nitrogens with one attached hydrogen (secondary N) is 1. The number of aromatic nitrogens is 1. The maximum Gasteiger partial charge on any atom is 0.160 e. The fraction of sp³-hybridized carbons (Fsp3) is 0.0526. The maximum atomic E-state index is 10.9. The second kappa shape index (κ2) is 7.48. The first-order valence-electron chi connectivity index (χ1n) is 7.83. The Kier molecular flexibility index (Phi) is 5.06. The first-order valence-corrected chi connectivity index (χ1v) is 10.2. The van der Waals surface area contributed by atoms with Crippen LogP contribution < -0.4 is 10.1 Å². The number of nitrogens with zero attached hydrogens (tertiary/aromatic N) is 1. The van der Waals surface area contributed by atoms with Gasteiger partial charge in [-0.2, -0.15) is 0 Å². The summed E-state index contributed by atoms with van der Waals surface area (Å²) in [7, 11) is 1.56. The summed E-state index contributed by atoms with van der Waals surface area (Å²) in [6.07, 6.45) is 2.61. The molecular formula is C19H12Cl2N2O2S2. The molecule has 0 unspecified atom stereocenters. The summed E-state index contributed by atoms with van der Waals surface area (Å²) in [6, 6.07) is 11.1. The van der Waals surface area contributed by atoms with Crippen LogP contribution in [-0.4, -0.2) is 18.4 Å². The molecule has 0 aliphatic heterocycles. The van der Waals surface area contributed by atoms with E-state index >= 15 is 0 Å². The molecular weight excluding hydrogens is 423 g/mol. The summed E-state index contributed by atoms with van der Waals surface area (Å²) < 4.78 is 6.27. The number of methoxy groups -OCH3 is 1. The van der Waals surface area contributed by atoms with Gasteiger partial charge in [0.05, 0.1) is 43.6 Å². The van der Waals surface area contributed by atoms with Gasteiger partial charge in [0.25, 0.3) is 0 Å². The minimum atomic E-state index is 0.454. The number of benzene rings is 1. The molecule has 0 saturated carbocycles. The summed E-state index contributed by atoms with van der Waals surface area (Å²) in [5, 5.41) is 4.30. The van der Waals surface area contributed by atoms with Gasteiger partial charge in [-0.05, 0) is 30.3 Å². The normalized spacial score (nSPS) is 10.9. The van der Waals surface area contributed by atoms with Crippen LogP contribution in [0.5, 0.6) is 5.75 Å². The predicted octanol–water partition coefficient (Wildman–Crippen LogP) is 6.90. The summed E-state index contributed by atoms with van der Waals surface area (Å²) >= 11 is 15.5. The van der Waals surface area contributed by atoms with Gasteiger partial charge in [-0.3, -0.25) is 9.78 Å². The Hall–Kier alpha value is -2.12. The van der Waals surface area contributed by atoms with E-state index in [1.54, 1.807) is 36.8 Å². The number of ether oxygens (including phenoxy) is 1. The van der Waals surface area contributed by atoms with Crippen LogP contribution in [0.4, 0.5) is 11.4 Å². The molecule has 0 amide bonds. The molecule has 0 fully saturated rings. The molecule has 1 aromatic carbocycles. The molecule has 3 aromatic heterocycles. The Morgan fingerprint density at radius 1 is 1.04 bits per heavy atom. The van der Waals surface area contributed by atoms with Gasteiger partial charge in [0, 0.05) is 22.0 Å².